The van der Waals surface area contributed by atoms with Crippen LogP contribution in [0.2, 0.25) is 0 Å². The van der Waals surface area contributed by atoms with Gasteiger partial charge in [-0.2, -0.15) is 5.10 Å². The lowest BCUT2D eigenvalue weighted by Crippen LogP contribution is -2.55. The molecule has 6 nitrogen and oxygen atoms in total. The summed E-state index contributed by atoms with van der Waals surface area (Å²) in [6.07, 6.45) is 4.23. The number of nitrogens with zero attached hydrogens (tertiary/aromatic N) is 3. The van der Waals surface area contributed by atoms with Crippen LogP contribution in [0.1, 0.15) is 29.2 Å². The molecule has 0 bridgehead atoms. The SMILES string of the molecule is O=C1Nc2ccccc2[C@]12Oc1ccccc1[C@H]1CC(c3cccnc3)=NN12. The molecule has 1 amide bonds. The Balaban J connectivity index is 1.59. The fourth-order valence-corrected chi connectivity index (χ4v) is 4.35. The molecule has 136 valence electrons. The number of aromatic nitrogens is 1. The minimum absolute atomic E-state index is 0.0861. The van der Waals surface area contributed by atoms with Gasteiger partial charge in [-0.25, -0.2) is 5.01 Å². The highest BCUT2D eigenvalue weighted by Crippen LogP contribution is 2.53. The standard InChI is InChI=1S/C22H16N4O2/c27-21-22(16-8-2-3-9-17(16)24-21)26-19(15-7-1-4-10-20(15)28-22)12-18(25-26)14-6-5-11-23-13-14/h1-11,13,19H,12H2,(H,24,27)/t19-,22+/m1/s1. The van der Waals surface area contributed by atoms with Crippen LogP contribution in [-0.4, -0.2) is 21.6 Å². The average Bonchev–Trinajstić information content (AvgIpc) is 3.30. The molecule has 28 heavy (non-hydrogen) atoms. The first-order chi connectivity index (χ1) is 13.8. The van der Waals surface area contributed by atoms with Crippen LogP contribution < -0.4 is 10.1 Å². The predicted molar refractivity (Wildman–Crippen MR) is 104 cm³/mol. The number of benzene rings is 2. The van der Waals surface area contributed by atoms with Gasteiger partial charge in [-0.3, -0.25) is 9.78 Å². The van der Waals surface area contributed by atoms with E-state index in [0.717, 1.165) is 33.8 Å². The maximum absolute atomic E-state index is 13.2. The van der Waals surface area contributed by atoms with Crippen molar-refractivity contribution in [3.05, 3.63) is 89.7 Å². The van der Waals surface area contributed by atoms with Crippen molar-refractivity contribution in [1.29, 1.82) is 0 Å². The smallest absolute Gasteiger partial charge is 0.306 e. The molecule has 1 aromatic heterocycles. The maximum atomic E-state index is 13.2. The van der Waals surface area contributed by atoms with Crippen molar-refractivity contribution in [3.63, 3.8) is 0 Å². The summed E-state index contributed by atoms with van der Waals surface area (Å²) in [5.41, 5.74) is 3.13. The van der Waals surface area contributed by atoms with Gasteiger partial charge in [-0.15, -0.1) is 0 Å². The zero-order valence-corrected chi connectivity index (χ0v) is 14.9. The molecule has 0 saturated heterocycles. The van der Waals surface area contributed by atoms with Crippen LogP contribution >= 0.6 is 0 Å². The maximum Gasteiger partial charge on any atom is 0.306 e. The number of nitrogens with one attached hydrogen (secondary N) is 1. The van der Waals surface area contributed by atoms with Gasteiger partial charge in [0.1, 0.15) is 5.75 Å². The second-order valence-electron chi connectivity index (χ2n) is 7.14. The van der Waals surface area contributed by atoms with Crippen LogP contribution in [0.25, 0.3) is 0 Å². The number of ether oxygens (including phenoxy) is 1. The molecule has 3 aliphatic rings. The van der Waals surface area contributed by atoms with Crippen LogP contribution in [0.15, 0.2) is 78.2 Å². The van der Waals surface area contributed by atoms with Crippen LogP contribution in [0, 0.1) is 0 Å². The summed E-state index contributed by atoms with van der Waals surface area (Å²) < 4.78 is 6.41. The molecule has 0 aliphatic carbocycles. The fourth-order valence-electron chi connectivity index (χ4n) is 4.35. The first-order valence-electron chi connectivity index (χ1n) is 9.23. The summed E-state index contributed by atoms with van der Waals surface area (Å²) in [5.74, 6) is 0.502. The monoisotopic (exact) mass is 368 g/mol. The van der Waals surface area contributed by atoms with Gasteiger partial charge in [-0.05, 0) is 18.2 Å². The van der Waals surface area contributed by atoms with Crippen molar-refractivity contribution in [2.45, 2.75) is 18.2 Å². The number of hydrogen-bond acceptors (Lipinski definition) is 5. The quantitative estimate of drug-likeness (QED) is 0.715. The molecule has 0 unspecified atom stereocenters. The van der Waals surface area contributed by atoms with Gasteiger partial charge in [0.15, 0.2) is 0 Å². The van der Waals surface area contributed by atoms with Crippen molar-refractivity contribution in [2.24, 2.45) is 5.10 Å². The van der Waals surface area contributed by atoms with Gasteiger partial charge in [0.25, 0.3) is 5.91 Å². The number of hydrogen-bond donors (Lipinski definition) is 1. The third-order valence-electron chi connectivity index (χ3n) is 5.61. The van der Waals surface area contributed by atoms with Crippen LogP contribution in [0.3, 0.4) is 0 Å². The van der Waals surface area contributed by atoms with E-state index in [1.807, 2.05) is 65.7 Å². The number of carbonyl (C=O) groups is 1. The highest BCUT2D eigenvalue weighted by Gasteiger charge is 2.60. The molecule has 3 aliphatic heterocycles. The first-order valence-corrected chi connectivity index (χ1v) is 9.23. The van der Waals surface area contributed by atoms with E-state index >= 15 is 0 Å². The molecule has 0 fully saturated rings. The van der Waals surface area contributed by atoms with Crippen molar-refractivity contribution in [2.75, 3.05) is 5.32 Å². The lowest BCUT2D eigenvalue weighted by atomic mass is 9.92. The van der Waals surface area contributed by atoms with Crippen LogP contribution in [-0.2, 0) is 10.5 Å². The van der Waals surface area contributed by atoms with E-state index in [0.29, 0.717) is 6.42 Å². The minimum atomic E-state index is -1.31. The average molecular weight is 368 g/mol. The Morgan fingerprint density at radius 1 is 1.07 bits per heavy atom. The molecule has 1 spiro atoms. The Morgan fingerprint density at radius 3 is 2.82 bits per heavy atom. The highest BCUT2D eigenvalue weighted by atomic mass is 16.5. The predicted octanol–water partition coefficient (Wildman–Crippen LogP) is 3.43. The topological polar surface area (TPSA) is 66.8 Å². The molecule has 0 radical (unpaired) electrons. The Labute approximate surface area is 161 Å². The van der Waals surface area contributed by atoms with Gasteiger partial charge in [0.05, 0.1) is 23.0 Å². The molecule has 0 saturated carbocycles. The number of amides is 1. The van der Waals surface area contributed by atoms with Crippen LogP contribution in [0.4, 0.5) is 5.69 Å². The molecular formula is C22H16N4O2. The number of carbonyl (C=O) groups excluding carboxylic acids is 1. The van der Waals surface area contributed by atoms with E-state index in [9.17, 15) is 4.79 Å². The molecule has 2 atom stereocenters. The third-order valence-corrected chi connectivity index (χ3v) is 5.61. The molecule has 2 aromatic carbocycles. The zero-order valence-electron chi connectivity index (χ0n) is 14.9. The summed E-state index contributed by atoms with van der Waals surface area (Å²) in [4.78, 5) is 17.5. The van der Waals surface area contributed by atoms with E-state index < -0.39 is 5.72 Å². The highest BCUT2D eigenvalue weighted by molar-refractivity contribution is 6.07. The first kappa shape index (κ1) is 15.4. The van der Waals surface area contributed by atoms with Crippen molar-refractivity contribution < 1.29 is 9.53 Å². The Bertz CT molecular complexity index is 1140. The number of fused-ring (bicyclic) bond motifs is 6. The zero-order chi connectivity index (χ0) is 18.7. The van der Waals surface area contributed by atoms with E-state index in [1.165, 1.54) is 0 Å². The number of rotatable bonds is 1. The van der Waals surface area contributed by atoms with E-state index in [-0.39, 0.29) is 11.9 Å². The van der Waals surface area contributed by atoms with Crippen molar-refractivity contribution in [1.82, 2.24) is 9.99 Å². The van der Waals surface area contributed by atoms with Gasteiger partial charge < -0.3 is 10.1 Å². The number of para-hydroxylation sites is 2. The molecule has 4 heterocycles. The van der Waals surface area contributed by atoms with Gasteiger partial charge in [0.2, 0.25) is 0 Å². The van der Waals surface area contributed by atoms with Crippen molar-refractivity contribution in [3.8, 4) is 5.75 Å². The lowest BCUT2D eigenvalue weighted by molar-refractivity contribution is -0.161. The van der Waals surface area contributed by atoms with Crippen molar-refractivity contribution >= 4 is 17.3 Å². The summed E-state index contributed by atoms with van der Waals surface area (Å²) in [6.45, 7) is 0. The Hall–Kier alpha value is -3.67. The largest absolute Gasteiger partial charge is 0.453 e. The second kappa shape index (κ2) is 5.42. The Morgan fingerprint density at radius 2 is 1.93 bits per heavy atom. The summed E-state index contributed by atoms with van der Waals surface area (Å²) >= 11 is 0. The summed E-state index contributed by atoms with van der Waals surface area (Å²) in [7, 11) is 0. The number of pyridine rings is 1. The molecule has 6 heteroatoms. The molecule has 3 aromatic rings. The second-order valence-corrected chi connectivity index (χ2v) is 7.14. The molecule has 1 N–H and O–H groups in total. The van der Waals surface area contributed by atoms with E-state index in [4.69, 9.17) is 9.84 Å². The number of anilines is 1. The van der Waals surface area contributed by atoms with Gasteiger partial charge in [-0.1, -0.05) is 42.5 Å². The number of hydrazone groups is 1. The molecule has 6 rings (SSSR count). The van der Waals surface area contributed by atoms with E-state index in [1.54, 1.807) is 12.4 Å². The summed E-state index contributed by atoms with van der Waals surface area (Å²) in [6, 6.07) is 19.3. The normalized spacial score (nSPS) is 24.1. The minimum Gasteiger partial charge on any atom is -0.453 e. The fraction of sp³-hybridized carbons (Fsp3) is 0.136. The third kappa shape index (κ3) is 1.89. The molecular weight excluding hydrogens is 352 g/mol. The van der Waals surface area contributed by atoms with Gasteiger partial charge >= 0.3 is 5.72 Å². The van der Waals surface area contributed by atoms with E-state index in [2.05, 4.69) is 10.3 Å². The van der Waals surface area contributed by atoms with Crippen LogP contribution in [0.5, 0.6) is 5.75 Å². The lowest BCUT2D eigenvalue weighted by Gasteiger charge is -2.43. The summed E-state index contributed by atoms with van der Waals surface area (Å²) in [5, 5.41) is 9.69. The Kier molecular flexibility index (Phi) is 2.98. The van der Waals surface area contributed by atoms with Gasteiger partial charge in [0, 0.05) is 29.9 Å².